The van der Waals surface area contributed by atoms with Gasteiger partial charge in [-0.25, -0.2) is 14.8 Å². The maximum atomic E-state index is 12.9. The van der Waals surface area contributed by atoms with Crippen LogP contribution in [0.5, 0.6) is 5.88 Å². The predicted molar refractivity (Wildman–Crippen MR) is 174 cm³/mol. The Bertz CT molecular complexity index is 1620. The van der Waals surface area contributed by atoms with Crippen LogP contribution in [-0.2, 0) is 29.0 Å². The van der Waals surface area contributed by atoms with E-state index < -0.39 is 5.60 Å². The summed E-state index contributed by atoms with van der Waals surface area (Å²) >= 11 is 0. The lowest BCUT2D eigenvalue weighted by atomic mass is 10.0. The highest BCUT2D eigenvalue weighted by molar-refractivity contribution is 5.70. The van der Waals surface area contributed by atoms with E-state index in [1.807, 2.05) is 93.6 Å². The van der Waals surface area contributed by atoms with E-state index >= 15 is 0 Å². The average Bonchev–Trinajstić information content (AvgIpc) is 3.03. The van der Waals surface area contributed by atoms with Crippen molar-refractivity contribution in [1.29, 1.82) is 0 Å². The molecule has 0 radical (unpaired) electrons. The van der Waals surface area contributed by atoms with E-state index in [9.17, 15) is 4.79 Å². The van der Waals surface area contributed by atoms with Gasteiger partial charge in [0, 0.05) is 36.0 Å². The van der Waals surface area contributed by atoms with Crippen LogP contribution < -0.4 is 15.0 Å². The highest BCUT2D eigenvalue weighted by Crippen LogP contribution is 2.32. The van der Waals surface area contributed by atoms with Crippen molar-refractivity contribution in [2.45, 2.75) is 58.9 Å². The number of nitrogens with one attached hydrogen (secondary N) is 1. The van der Waals surface area contributed by atoms with Gasteiger partial charge in [-0.15, -0.1) is 0 Å². The molecule has 1 atom stereocenters. The quantitative estimate of drug-likeness (QED) is 0.256. The number of carbonyl (C=O) groups is 1. The van der Waals surface area contributed by atoms with Crippen LogP contribution in [0.2, 0.25) is 0 Å². The predicted octanol–water partition coefficient (Wildman–Crippen LogP) is 6.38. The summed E-state index contributed by atoms with van der Waals surface area (Å²) in [5.41, 5.74) is 4.22. The van der Waals surface area contributed by atoms with Crippen LogP contribution in [0.1, 0.15) is 44.5 Å². The van der Waals surface area contributed by atoms with Gasteiger partial charge in [0.05, 0.1) is 31.5 Å². The van der Waals surface area contributed by atoms with Crippen molar-refractivity contribution in [2.24, 2.45) is 0 Å². The average molecular weight is 609 g/mol. The van der Waals surface area contributed by atoms with Gasteiger partial charge in [0.15, 0.2) is 5.82 Å². The zero-order chi connectivity index (χ0) is 31.4. The number of fused-ring (bicyclic) bond motifs is 1. The number of hydrogen-bond acceptors (Lipinski definition) is 9. The van der Waals surface area contributed by atoms with E-state index in [0.717, 1.165) is 40.4 Å². The summed E-state index contributed by atoms with van der Waals surface area (Å²) in [6.45, 7) is 11.2. The first kappa shape index (κ1) is 30.3. The molecular weight excluding hydrogens is 568 g/mol. The molecule has 10 heteroatoms. The third-order valence-electron chi connectivity index (χ3n) is 7.70. The molecule has 6 rings (SSSR count). The van der Waals surface area contributed by atoms with Gasteiger partial charge in [-0.2, -0.15) is 4.98 Å². The number of pyridine rings is 1. The van der Waals surface area contributed by atoms with Crippen molar-refractivity contribution in [3.8, 4) is 17.3 Å². The van der Waals surface area contributed by atoms with E-state index in [-0.39, 0.29) is 12.1 Å². The van der Waals surface area contributed by atoms with Crippen molar-refractivity contribution in [2.75, 3.05) is 36.5 Å². The number of rotatable bonds is 7. The standard InChI is InChI=1S/C35H40N6O4/c1-24-22-43-20-19-41(24)33-28-17-18-40(34(42)45-35(2,3)4)21-29(28)37-32(39-33)26-13-15-27(16-14-26)36-30-11-8-12-31(38-30)44-23-25-9-6-5-7-10-25/h5-16,24H,17-23H2,1-4H3,(H,36,38)/t24-/m0/s1. The molecule has 1 fully saturated rings. The van der Waals surface area contributed by atoms with E-state index in [0.29, 0.717) is 56.9 Å². The molecule has 0 unspecified atom stereocenters. The first-order valence-corrected chi connectivity index (χ1v) is 15.5. The molecule has 1 saturated heterocycles. The molecule has 0 bridgehead atoms. The van der Waals surface area contributed by atoms with Crippen molar-refractivity contribution in [1.82, 2.24) is 19.9 Å². The molecule has 4 heterocycles. The molecule has 0 saturated carbocycles. The van der Waals surface area contributed by atoms with Crippen molar-refractivity contribution < 1.29 is 19.0 Å². The van der Waals surface area contributed by atoms with E-state index in [1.54, 1.807) is 4.90 Å². The summed E-state index contributed by atoms with van der Waals surface area (Å²) in [5, 5.41) is 3.36. The maximum absolute atomic E-state index is 12.9. The summed E-state index contributed by atoms with van der Waals surface area (Å²) in [5.74, 6) is 2.78. The fourth-order valence-electron chi connectivity index (χ4n) is 5.45. The number of morpholine rings is 1. The number of aromatic nitrogens is 3. The molecule has 2 aromatic heterocycles. The Kier molecular flexibility index (Phi) is 8.84. The molecular formula is C35H40N6O4. The van der Waals surface area contributed by atoms with E-state index in [1.165, 1.54) is 0 Å². The van der Waals surface area contributed by atoms with Gasteiger partial charge in [-0.3, -0.25) is 0 Å². The molecule has 0 aliphatic carbocycles. The Hall–Kier alpha value is -4.70. The highest BCUT2D eigenvalue weighted by Gasteiger charge is 2.32. The summed E-state index contributed by atoms with van der Waals surface area (Å²) in [6.07, 6.45) is 0.339. The fraction of sp³-hybridized carbons (Fsp3) is 0.371. The lowest BCUT2D eigenvalue weighted by Gasteiger charge is -2.38. The Morgan fingerprint density at radius 3 is 2.53 bits per heavy atom. The number of nitrogens with zero attached hydrogens (tertiary/aromatic N) is 5. The first-order valence-electron chi connectivity index (χ1n) is 15.5. The van der Waals surface area contributed by atoms with Crippen LogP contribution in [0.25, 0.3) is 11.4 Å². The number of hydrogen-bond donors (Lipinski definition) is 1. The molecule has 2 aliphatic heterocycles. The van der Waals surface area contributed by atoms with Crippen LogP contribution in [0.3, 0.4) is 0 Å². The number of carbonyl (C=O) groups excluding carboxylic acids is 1. The highest BCUT2D eigenvalue weighted by atomic mass is 16.6. The third kappa shape index (κ3) is 7.51. The molecule has 4 aromatic rings. The SMILES string of the molecule is C[C@H]1COCCN1c1nc(-c2ccc(Nc3cccc(OCc4ccccc4)n3)cc2)nc2c1CCN(C(=O)OC(C)(C)C)C2. The minimum atomic E-state index is -0.565. The summed E-state index contributed by atoms with van der Waals surface area (Å²) in [7, 11) is 0. The first-order chi connectivity index (χ1) is 21.7. The van der Waals surface area contributed by atoms with Crippen LogP contribution >= 0.6 is 0 Å². The second kappa shape index (κ2) is 13.1. The van der Waals surface area contributed by atoms with Gasteiger partial charge in [0.2, 0.25) is 5.88 Å². The lowest BCUT2D eigenvalue weighted by Crippen LogP contribution is -2.46. The molecule has 45 heavy (non-hydrogen) atoms. The minimum Gasteiger partial charge on any atom is -0.473 e. The Morgan fingerprint density at radius 1 is 0.978 bits per heavy atom. The van der Waals surface area contributed by atoms with Gasteiger partial charge >= 0.3 is 6.09 Å². The molecule has 2 aromatic carbocycles. The van der Waals surface area contributed by atoms with E-state index in [2.05, 4.69) is 22.1 Å². The van der Waals surface area contributed by atoms with Gasteiger partial charge in [-0.05, 0) is 70.0 Å². The molecule has 0 spiro atoms. The smallest absolute Gasteiger partial charge is 0.410 e. The van der Waals surface area contributed by atoms with E-state index in [4.69, 9.17) is 24.2 Å². The Morgan fingerprint density at radius 2 is 1.78 bits per heavy atom. The number of amides is 1. The molecule has 1 N–H and O–H groups in total. The van der Waals surface area contributed by atoms with Crippen LogP contribution in [0.4, 0.5) is 22.1 Å². The molecule has 234 valence electrons. The summed E-state index contributed by atoms with van der Waals surface area (Å²) < 4.78 is 17.3. The van der Waals surface area contributed by atoms with Crippen LogP contribution in [0.15, 0.2) is 72.8 Å². The topological polar surface area (TPSA) is 102 Å². The van der Waals surface area contributed by atoms with Gasteiger partial charge in [0.25, 0.3) is 0 Å². The zero-order valence-corrected chi connectivity index (χ0v) is 26.3. The summed E-state index contributed by atoms with van der Waals surface area (Å²) in [4.78, 5) is 31.7. The largest absolute Gasteiger partial charge is 0.473 e. The third-order valence-corrected chi connectivity index (χ3v) is 7.70. The monoisotopic (exact) mass is 608 g/mol. The number of ether oxygens (including phenoxy) is 3. The Labute approximate surface area is 264 Å². The second-order valence-electron chi connectivity index (χ2n) is 12.4. The van der Waals surface area contributed by atoms with Crippen LogP contribution in [0, 0.1) is 0 Å². The molecule has 1 amide bonds. The normalized spacial score (nSPS) is 16.6. The molecule has 10 nitrogen and oxygen atoms in total. The minimum absolute atomic E-state index is 0.181. The van der Waals surface area contributed by atoms with Crippen LogP contribution in [-0.4, -0.2) is 63.9 Å². The molecule has 2 aliphatic rings. The maximum Gasteiger partial charge on any atom is 0.410 e. The lowest BCUT2D eigenvalue weighted by molar-refractivity contribution is 0.0220. The van der Waals surface area contributed by atoms with Crippen molar-refractivity contribution in [3.63, 3.8) is 0 Å². The van der Waals surface area contributed by atoms with Crippen molar-refractivity contribution >= 4 is 23.4 Å². The van der Waals surface area contributed by atoms with Gasteiger partial charge in [-0.1, -0.05) is 36.4 Å². The fourth-order valence-corrected chi connectivity index (χ4v) is 5.45. The second-order valence-corrected chi connectivity index (χ2v) is 12.4. The van der Waals surface area contributed by atoms with Crippen molar-refractivity contribution in [3.05, 3.63) is 89.6 Å². The Balaban J connectivity index is 1.22. The number of benzene rings is 2. The van der Waals surface area contributed by atoms with Gasteiger partial charge in [0.1, 0.15) is 23.8 Å². The summed E-state index contributed by atoms with van der Waals surface area (Å²) in [6, 6.07) is 23.8. The zero-order valence-electron chi connectivity index (χ0n) is 26.3. The van der Waals surface area contributed by atoms with Gasteiger partial charge < -0.3 is 29.3 Å². The number of anilines is 3.